The summed E-state index contributed by atoms with van der Waals surface area (Å²) in [5, 5.41) is 2.81. The molecular formula is C31H30FN3O4. The van der Waals surface area contributed by atoms with Crippen molar-refractivity contribution in [2.24, 2.45) is 5.92 Å². The Morgan fingerprint density at radius 1 is 1.13 bits per heavy atom. The van der Waals surface area contributed by atoms with E-state index in [-0.39, 0.29) is 47.8 Å². The van der Waals surface area contributed by atoms with Crippen LogP contribution in [0.4, 0.5) is 10.1 Å². The van der Waals surface area contributed by atoms with Crippen molar-refractivity contribution in [1.29, 1.82) is 0 Å². The summed E-state index contributed by atoms with van der Waals surface area (Å²) in [6.07, 6.45) is 2.02. The summed E-state index contributed by atoms with van der Waals surface area (Å²) in [5.41, 5.74) is 4.74. The van der Waals surface area contributed by atoms with Crippen molar-refractivity contribution in [2.75, 3.05) is 11.9 Å². The van der Waals surface area contributed by atoms with E-state index in [1.807, 2.05) is 62.1 Å². The molecule has 1 aliphatic heterocycles. The van der Waals surface area contributed by atoms with Crippen molar-refractivity contribution in [3.05, 3.63) is 113 Å². The number of fused-ring (bicyclic) bond motifs is 1. The number of halogens is 1. The van der Waals surface area contributed by atoms with Gasteiger partial charge in [-0.2, -0.15) is 0 Å². The lowest BCUT2D eigenvalue weighted by molar-refractivity contribution is -0.136. The third-order valence-corrected chi connectivity index (χ3v) is 6.73. The van der Waals surface area contributed by atoms with E-state index in [9.17, 15) is 14.0 Å². The number of nitrogens with zero attached hydrogens (tertiary/aromatic N) is 2. The van der Waals surface area contributed by atoms with Crippen LogP contribution in [-0.4, -0.2) is 28.2 Å². The zero-order valence-corrected chi connectivity index (χ0v) is 22.1. The highest BCUT2D eigenvalue weighted by Gasteiger charge is 2.33. The SMILES string of the molecule is Cc1cccc(NC(=O)c2coc(COc3ccc4c(c3)C(c3ccc(F)cc3)N(C(=O)C(C)C)CC4)n2)c1. The number of amides is 2. The van der Waals surface area contributed by atoms with E-state index in [0.29, 0.717) is 24.4 Å². The molecule has 200 valence electrons. The standard InChI is InChI=1S/C31H30FN3O4/c1-19(2)31(37)35-14-13-21-9-12-25(16-26(21)29(35)22-7-10-23(32)11-8-22)38-18-28-34-27(17-39-28)30(36)33-24-6-4-5-20(3)15-24/h4-12,15-17,19,29H,13-14,18H2,1-3H3,(H,33,36). The summed E-state index contributed by atoms with van der Waals surface area (Å²) in [4.78, 5) is 31.8. The Bertz CT molecular complexity index is 1500. The summed E-state index contributed by atoms with van der Waals surface area (Å²) in [6.45, 7) is 6.31. The smallest absolute Gasteiger partial charge is 0.277 e. The van der Waals surface area contributed by atoms with Crippen molar-refractivity contribution < 1.29 is 23.1 Å². The van der Waals surface area contributed by atoms with E-state index in [1.54, 1.807) is 18.2 Å². The Labute approximate surface area is 226 Å². The molecule has 0 fully saturated rings. The predicted octanol–water partition coefficient (Wildman–Crippen LogP) is 6.08. The lowest BCUT2D eigenvalue weighted by Crippen LogP contribution is -2.42. The Balaban J connectivity index is 1.34. The highest BCUT2D eigenvalue weighted by atomic mass is 19.1. The zero-order chi connectivity index (χ0) is 27.5. The van der Waals surface area contributed by atoms with E-state index >= 15 is 0 Å². The second-order valence-corrected chi connectivity index (χ2v) is 9.99. The number of carbonyl (C=O) groups is 2. The molecule has 7 nitrogen and oxygen atoms in total. The molecule has 1 aliphatic rings. The maximum Gasteiger partial charge on any atom is 0.277 e. The van der Waals surface area contributed by atoms with Crippen LogP contribution in [0.3, 0.4) is 0 Å². The first-order chi connectivity index (χ1) is 18.8. The lowest BCUT2D eigenvalue weighted by atomic mass is 9.87. The Kier molecular flexibility index (Phi) is 7.45. The molecule has 4 aromatic rings. The first-order valence-corrected chi connectivity index (χ1v) is 12.9. The zero-order valence-electron chi connectivity index (χ0n) is 22.1. The van der Waals surface area contributed by atoms with Crippen molar-refractivity contribution >= 4 is 17.5 Å². The van der Waals surface area contributed by atoms with Gasteiger partial charge in [-0.3, -0.25) is 9.59 Å². The quantitative estimate of drug-likeness (QED) is 0.315. The molecule has 2 amide bonds. The fraction of sp³-hybridized carbons (Fsp3) is 0.258. The molecule has 5 rings (SSSR count). The number of aryl methyl sites for hydroxylation is 1. The highest BCUT2D eigenvalue weighted by Crippen LogP contribution is 2.38. The predicted molar refractivity (Wildman–Crippen MR) is 145 cm³/mol. The van der Waals surface area contributed by atoms with Crippen LogP contribution in [-0.2, 0) is 17.8 Å². The summed E-state index contributed by atoms with van der Waals surface area (Å²) in [7, 11) is 0. The number of aromatic nitrogens is 1. The van der Waals surface area contributed by atoms with Gasteiger partial charge in [0.25, 0.3) is 5.91 Å². The molecule has 1 N–H and O–H groups in total. The average molecular weight is 528 g/mol. The van der Waals surface area contributed by atoms with Gasteiger partial charge in [0.15, 0.2) is 12.3 Å². The second kappa shape index (κ2) is 11.1. The second-order valence-electron chi connectivity index (χ2n) is 9.99. The summed E-state index contributed by atoms with van der Waals surface area (Å²) >= 11 is 0. The average Bonchev–Trinajstić information content (AvgIpc) is 3.41. The molecule has 3 aromatic carbocycles. The van der Waals surface area contributed by atoms with Crippen molar-refractivity contribution in [1.82, 2.24) is 9.88 Å². The maximum absolute atomic E-state index is 13.7. The molecular weight excluding hydrogens is 497 g/mol. The monoisotopic (exact) mass is 527 g/mol. The maximum atomic E-state index is 13.7. The van der Waals surface area contributed by atoms with E-state index in [2.05, 4.69) is 10.3 Å². The number of nitrogens with one attached hydrogen (secondary N) is 1. The highest BCUT2D eigenvalue weighted by molar-refractivity contribution is 6.02. The van der Waals surface area contributed by atoms with Crippen molar-refractivity contribution in [3.8, 4) is 5.75 Å². The number of hydrogen-bond donors (Lipinski definition) is 1. The Morgan fingerprint density at radius 2 is 1.92 bits per heavy atom. The molecule has 0 bridgehead atoms. The van der Waals surface area contributed by atoms with Crippen LogP contribution in [0.2, 0.25) is 0 Å². The van der Waals surface area contributed by atoms with E-state index in [4.69, 9.17) is 9.15 Å². The third kappa shape index (κ3) is 5.85. The van der Waals surface area contributed by atoms with Crippen LogP contribution < -0.4 is 10.1 Å². The van der Waals surface area contributed by atoms with Gasteiger partial charge < -0.3 is 19.4 Å². The molecule has 1 atom stereocenters. The molecule has 39 heavy (non-hydrogen) atoms. The van der Waals surface area contributed by atoms with Gasteiger partial charge in [0.2, 0.25) is 11.8 Å². The fourth-order valence-corrected chi connectivity index (χ4v) is 4.80. The van der Waals surface area contributed by atoms with Crippen LogP contribution in [0.1, 0.15) is 58.5 Å². The largest absolute Gasteiger partial charge is 0.484 e. The lowest BCUT2D eigenvalue weighted by Gasteiger charge is -2.39. The summed E-state index contributed by atoms with van der Waals surface area (Å²) in [6, 6.07) is 19.2. The number of rotatable bonds is 7. The molecule has 1 aromatic heterocycles. The van der Waals surface area contributed by atoms with E-state index in [0.717, 1.165) is 22.3 Å². The molecule has 0 aliphatic carbocycles. The summed E-state index contributed by atoms with van der Waals surface area (Å²) in [5.74, 6) is -0.000727. The Morgan fingerprint density at radius 3 is 2.67 bits per heavy atom. The number of benzene rings is 3. The molecule has 8 heteroatoms. The normalized spacial score (nSPS) is 14.7. The minimum atomic E-state index is -0.374. The number of carbonyl (C=O) groups excluding carboxylic acids is 2. The van der Waals surface area contributed by atoms with Gasteiger partial charge in [-0.05, 0) is 72.0 Å². The molecule has 0 saturated carbocycles. The van der Waals surface area contributed by atoms with Crippen molar-refractivity contribution in [2.45, 2.75) is 39.8 Å². The number of ether oxygens (including phenoxy) is 1. The molecule has 0 radical (unpaired) electrons. The molecule has 1 unspecified atom stereocenters. The van der Waals surface area contributed by atoms with Crippen LogP contribution in [0.25, 0.3) is 0 Å². The van der Waals surface area contributed by atoms with Crippen molar-refractivity contribution in [3.63, 3.8) is 0 Å². The summed E-state index contributed by atoms with van der Waals surface area (Å²) < 4.78 is 25.1. The van der Waals surface area contributed by atoms with E-state index < -0.39 is 0 Å². The number of oxazole rings is 1. The third-order valence-electron chi connectivity index (χ3n) is 6.73. The van der Waals surface area contributed by atoms with Crippen LogP contribution in [0, 0.1) is 18.7 Å². The van der Waals surface area contributed by atoms with Gasteiger partial charge >= 0.3 is 0 Å². The molecule has 0 spiro atoms. The topological polar surface area (TPSA) is 84.7 Å². The van der Waals surface area contributed by atoms with Gasteiger partial charge in [0.1, 0.15) is 17.8 Å². The van der Waals surface area contributed by atoms with Crippen LogP contribution in [0.5, 0.6) is 5.75 Å². The first-order valence-electron chi connectivity index (χ1n) is 12.9. The van der Waals surface area contributed by atoms with Gasteiger partial charge in [-0.15, -0.1) is 0 Å². The minimum absolute atomic E-state index is 0.0202. The number of anilines is 1. The van der Waals surface area contributed by atoms with Gasteiger partial charge in [-0.1, -0.05) is 44.2 Å². The fourth-order valence-electron chi connectivity index (χ4n) is 4.80. The van der Waals surface area contributed by atoms with Gasteiger partial charge in [-0.25, -0.2) is 9.37 Å². The number of hydrogen-bond acceptors (Lipinski definition) is 5. The molecule has 2 heterocycles. The van der Waals surface area contributed by atoms with Crippen LogP contribution in [0.15, 0.2) is 77.4 Å². The molecule has 0 saturated heterocycles. The minimum Gasteiger partial charge on any atom is -0.484 e. The van der Waals surface area contributed by atoms with E-state index in [1.165, 1.54) is 18.4 Å². The first kappa shape index (κ1) is 26.2. The van der Waals surface area contributed by atoms with Gasteiger partial charge in [0.05, 0.1) is 6.04 Å². The van der Waals surface area contributed by atoms with Gasteiger partial charge in [0, 0.05) is 18.2 Å². The Hall–Kier alpha value is -4.46. The van der Waals surface area contributed by atoms with Crippen LogP contribution >= 0.6 is 0 Å².